The maximum Gasteiger partial charge on any atom is 0.323 e. The molecule has 43 heavy (non-hydrogen) atoms. The van der Waals surface area contributed by atoms with Gasteiger partial charge in [-0.05, 0) is 42.4 Å². The number of aliphatic imine (C=N–C) groups is 1. The second-order valence-electron chi connectivity index (χ2n) is 11.8. The normalized spacial score (nSPS) is 17.3. The highest BCUT2D eigenvalue weighted by Crippen LogP contribution is 2.27. The van der Waals surface area contributed by atoms with Gasteiger partial charge in [0.1, 0.15) is 12.4 Å². The number of aromatic nitrogens is 4. The summed E-state index contributed by atoms with van der Waals surface area (Å²) in [5.41, 5.74) is 1.65. The van der Waals surface area contributed by atoms with Crippen LogP contribution >= 0.6 is 0 Å². The summed E-state index contributed by atoms with van der Waals surface area (Å²) >= 11 is 0. The summed E-state index contributed by atoms with van der Waals surface area (Å²) in [6, 6.07) is 4.93. The van der Waals surface area contributed by atoms with Crippen molar-refractivity contribution < 1.29 is 23.1 Å². The number of rotatable bonds is 8. The lowest BCUT2D eigenvalue weighted by Crippen LogP contribution is -2.48. The number of hydrogen-bond donors (Lipinski definition) is 4. The van der Waals surface area contributed by atoms with Gasteiger partial charge >= 0.3 is 5.97 Å². The van der Waals surface area contributed by atoms with E-state index in [-0.39, 0.29) is 28.7 Å². The van der Waals surface area contributed by atoms with Crippen LogP contribution < -0.4 is 20.3 Å². The number of anilines is 1. The zero-order chi connectivity index (χ0) is 30.8. The van der Waals surface area contributed by atoms with Crippen LogP contribution in [0.1, 0.15) is 45.6 Å². The number of carboxylic acids is 1. The van der Waals surface area contributed by atoms with Crippen molar-refractivity contribution in [3.05, 3.63) is 42.5 Å². The van der Waals surface area contributed by atoms with E-state index in [2.05, 4.69) is 35.3 Å². The highest BCUT2D eigenvalue weighted by atomic mass is 32.2. The number of hydrogen-bond acceptors (Lipinski definition) is 10. The molecule has 4 heterocycles. The summed E-state index contributed by atoms with van der Waals surface area (Å²) in [4.78, 5) is 44.4. The Bertz CT molecular complexity index is 1620. The second kappa shape index (κ2) is 12.2. The predicted octanol–water partition coefficient (Wildman–Crippen LogP) is 1.24. The second-order valence-corrected chi connectivity index (χ2v) is 13.5. The van der Waals surface area contributed by atoms with Gasteiger partial charge in [0.2, 0.25) is 15.9 Å². The third kappa shape index (κ3) is 6.94. The topological polar surface area (TPSA) is 184 Å². The van der Waals surface area contributed by atoms with Gasteiger partial charge < -0.3 is 19.9 Å². The van der Waals surface area contributed by atoms with Crippen LogP contribution in [0, 0.1) is 5.92 Å². The lowest BCUT2D eigenvalue weighted by Gasteiger charge is -2.32. The van der Waals surface area contributed by atoms with E-state index in [9.17, 15) is 23.1 Å². The number of aliphatic carboxylic acids is 1. The fraction of sp³-hybridized carbons (Fsp3) is 0.500. The number of sulfonamides is 1. The molecule has 0 saturated carbocycles. The third-order valence-electron chi connectivity index (χ3n) is 7.69. The Balaban J connectivity index is 1.27. The molecule has 0 bridgehead atoms. The zero-order valence-corrected chi connectivity index (χ0v) is 25.3. The Labute approximate surface area is 250 Å². The molecule has 3 aromatic rings. The van der Waals surface area contributed by atoms with E-state index in [1.54, 1.807) is 12.1 Å². The van der Waals surface area contributed by atoms with Crippen molar-refractivity contribution in [2.45, 2.75) is 62.9 Å². The van der Waals surface area contributed by atoms with Gasteiger partial charge in [0, 0.05) is 32.1 Å². The fourth-order valence-electron chi connectivity index (χ4n) is 5.17. The monoisotopic (exact) mass is 611 g/mol. The minimum Gasteiger partial charge on any atom is -0.480 e. The predicted molar refractivity (Wildman–Crippen MR) is 160 cm³/mol. The van der Waals surface area contributed by atoms with Crippen molar-refractivity contribution in [1.29, 1.82) is 0 Å². The molecule has 4 N–H and O–H groups in total. The molecule has 1 fully saturated rings. The van der Waals surface area contributed by atoms with Gasteiger partial charge in [-0.15, -0.1) is 0 Å². The lowest BCUT2D eigenvalue weighted by atomic mass is 9.87. The third-order valence-corrected chi connectivity index (χ3v) is 9.18. The molecule has 0 spiro atoms. The van der Waals surface area contributed by atoms with Gasteiger partial charge in [0.15, 0.2) is 22.9 Å². The Morgan fingerprint density at radius 1 is 1.12 bits per heavy atom. The number of carbonyl (C=O) groups is 2. The van der Waals surface area contributed by atoms with Crippen LogP contribution in [0.4, 0.5) is 5.82 Å². The molecule has 2 aromatic heterocycles. The van der Waals surface area contributed by atoms with Crippen molar-refractivity contribution in [3.8, 4) is 0 Å². The highest BCUT2D eigenvalue weighted by molar-refractivity contribution is 7.89. The number of fused-ring (bicyclic) bond motifs is 1. The first-order valence-electron chi connectivity index (χ1n) is 14.3. The Morgan fingerprint density at radius 2 is 1.84 bits per heavy atom. The molecule has 5 rings (SSSR count). The number of amides is 1. The van der Waals surface area contributed by atoms with E-state index in [1.807, 2.05) is 25.7 Å². The Kier molecular flexibility index (Phi) is 8.64. The van der Waals surface area contributed by atoms with E-state index in [1.165, 1.54) is 29.4 Å². The minimum atomic E-state index is -4.12. The number of carbonyl (C=O) groups excluding carboxylic acids is 1. The molecule has 1 aromatic carbocycles. The minimum absolute atomic E-state index is 0.0214. The zero-order valence-electron chi connectivity index (χ0n) is 24.4. The first-order valence-corrected chi connectivity index (χ1v) is 15.8. The van der Waals surface area contributed by atoms with E-state index >= 15 is 0 Å². The Hall–Kier alpha value is -4.11. The number of imidazole rings is 1. The average Bonchev–Trinajstić information content (AvgIpc) is 3.40. The van der Waals surface area contributed by atoms with E-state index in [0.29, 0.717) is 55.4 Å². The summed E-state index contributed by atoms with van der Waals surface area (Å²) < 4.78 is 30.0. The molecular weight excluding hydrogens is 574 g/mol. The number of piperidine rings is 1. The number of carboxylic acid groups (broad SMARTS) is 1. The molecule has 230 valence electrons. The summed E-state index contributed by atoms with van der Waals surface area (Å²) in [6.07, 6.45) is 4.98. The quantitative estimate of drug-likeness (QED) is 0.289. The molecule has 1 atom stereocenters. The van der Waals surface area contributed by atoms with Gasteiger partial charge in [0.25, 0.3) is 0 Å². The van der Waals surface area contributed by atoms with Crippen molar-refractivity contribution >= 4 is 44.8 Å². The van der Waals surface area contributed by atoms with E-state index in [4.69, 9.17) is 0 Å². The Morgan fingerprint density at radius 3 is 2.47 bits per heavy atom. The van der Waals surface area contributed by atoms with Crippen molar-refractivity contribution in [3.63, 3.8) is 0 Å². The van der Waals surface area contributed by atoms with Crippen LogP contribution in [-0.2, 0) is 31.6 Å². The number of nitrogens with one attached hydrogen (secondary N) is 3. The van der Waals surface area contributed by atoms with Gasteiger partial charge in [-0.3, -0.25) is 19.9 Å². The summed E-state index contributed by atoms with van der Waals surface area (Å²) in [7, 11) is -4.12. The smallest absolute Gasteiger partial charge is 0.323 e. The maximum atomic E-state index is 13.1. The van der Waals surface area contributed by atoms with Crippen LogP contribution in [0.5, 0.6) is 0 Å². The lowest BCUT2D eigenvalue weighted by molar-refractivity contribution is -0.139. The highest BCUT2D eigenvalue weighted by Gasteiger charge is 2.30. The van der Waals surface area contributed by atoms with Crippen molar-refractivity contribution in [2.75, 3.05) is 31.1 Å². The van der Waals surface area contributed by atoms with Crippen molar-refractivity contribution in [2.24, 2.45) is 10.9 Å². The molecule has 2 aliphatic heterocycles. The van der Waals surface area contributed by atoms with Gasteiger partial charge in [-0.1, -0.05) is 32.9 Å². The molecular formula is C28H37N9O5S. The van der Waals surface area contributed by atoms with Crippen LogP contribution in [0.15, 0.2) is 46.8 Å². The van der Waals surface area contributed by atoms with Crippen LogP contribution in [0.3, 0.4) is 0 Å². The van der Waals surface area contributed by atoms with Gasteiger partial charge in [0.05, 0.1) is 17.8 Å². The van der Waals surface area contributed by atoms with E-state index in [0.717, 1.165) is 18.5 Å². The molecule has 0 radical (unpaired) electrons. The number of guanidine groups is 1. The largest absolute Gasteiger partial charge is 0.480 e. The average molecular weight is 612 g/mol. The summed E-state index contributed by atoms with van der Waals surface area (Å²) in [5, 5.41) is 15.9. The van der Waals surface area contributed by atoms with Gasteiger partial charge in [-0.2, -0.15) is 4.72 Å². The SMILES string of the molecule is CC(C)(C)c1ccc(S(=O)(=O)N[C@@H](Cn2cnc3c(N4CCC(C(=O)NC5=NCCCN5)CC4)ncnc32)C(=O)O)cc1. The number of benzene rings is 1. The van der Waals surface area contributed by atoms with Gasteiger partial charge in [-0.25, -0.2) is 23.4 Å². The molecule has 2 aliphatic rings. The van der Waals surface area contributed by atoms with Crippen LogP contribution in [0.2, 0.25) is 0 Å². The molecule has 0 unspecified atom stereocenters. The van der Waals surface area contributed by atoms with Crippen LogP contribution in [0.25, 0.3) is 11.2 Å². The summed E-state index contributed by atoms with van der Waals surface area (Å²) in [5.74, 6) is -0.445. The number of nitrogens with zero attached hydrogens (tertiary/aromatic N) is 6. The fourth-order valence-corrected chi connectivity index (χ4v) is 6.35. The molecule has 1 saturated heterocycles. The van der Waals surface area contributed by atoms with E-state index < -0.39 is 22.0 Å². The first-order chi connectivity index (χ1) is 20.4. The molecule has 15 heteroatoms. The molecule has 1 amide bonds. The first kappa shape index (κ1) is 30.4. The maximum absolute atomic E-state index is 13.1. The molecule has 14 nitrogen and oxygen atoms in total. The standard InChI is InChI=1S/C28H37N9O5S/c1-28(2,3)19-5-7-20(8-6-19)43(41,42)35-21(26(39)40)15-37-17-33-22-23(31-16-32-24(22)37)36-13-9-18(10-14-36)25(38)34-27-29-11-4-12-30-27/h5-8,16-18,21,35H,4,9-15H2,1-3H3,(H,39,40)(H2,29,30,34,38)/t21-/m0/s1. The van der Waals surface area contributed by atoms with Crippen molar-refractivity contribution in [1.82, 2.24) is 34.9 Å². The molecule has 0 aliphatic carbocycles. The van der Waals surface area contributed by atoms with Crippen LogP contribution in [-0.4, -0.2) is 83.1 Å². The summed E-state index contributed by atoms with van der Waals surface area (Å²) in [6.45, 7) is 8.46.